The van der Waals surface area contributed by atoms with Gasteiger partial charge < -0.3 is 14.3 Å². The summed E-state index contributed by atoms with van der Waals surface area (Å²) in [5.74, 6) is 0.941. The first-order valence-electron chi connectivity index (χ1n) is 6.25. The number of hydrogen-bond donors (Lipinski definition) is 1. The Hall–Kier alpha value is -1.06. The van der Waals surface area contributed by atoms with Crippen molar-refractivity contribution in [3.05, 3.63) is 30.3 Å². The predicted octanol–water partition coefficient (Wildman–Crippen LogP) is 1.91. The molecule has 1 aromatic rings. The zero-order valence-electron chi connectivity index (χ0n) is 10.9. The van der Waals surface area contributed by atoms with Gasteiger partial charge in [0.1, 0.15) is 12.3 Å². The van der Waals surface area contributed by atoms with Crippen LogP contribution in [0.25, 0.3) is 0 Å². The number of likely N-dealkylation sites (N-methyl/N-ethyl adjacent to an activating group) is 1. The first kappa shape index (κ1) is 14.0. The van der Waals surface area contributed by atoms with Crippen LogP contribution in [0.3, 0.4) is 0 Å². The van der Waals surface area contributed by atoms with E-state index >= 15 is 0 Å². The van der Waals surface area contributed by atoms with Crippen molar-refractivity contribution in [2.24, 2.45) is 0 Å². The fourth-order valence-electron chi connectivity index (χ4n) is 1.73. The third-order valence-electron chi connectivity index (χ3n) is 2.88. The van der Waals surface area contributed by atoms with Gasteiger partial charge in [0.15, 0.2) is 0 Å². The lowest BCUT2D eigenvalue weighted by atomic mass is 10.3. The minimum absolute atomic E-state index is 0.257. The molecule has 0 heterocycles. The Kier molecular flexibility index (Phi) is 6.01. The number of unbranched alkanes of at least 4 members (excludes halogenated alkanes) is 1. The molecule has 0 radical (unpaired) electrons. The summed E-state index contributed by atoms with van der Waals surface area (Å²) in [4.78, 5) is 0. The molecule has 0 amide bonds. The fourth-order valence-corrected chi connectivity index (χ4v) is 1.73. The molecule has 1 N–H and O–H groups in total. The van der Waals surface area contributed by atoms with Gasteiger partial charge in [0.2, 0.25) is 0 Å². The van der Waals surface area contributed by atoms with Crippen LogP contribution < -0.4 is 4.74 Å². The number of aliphatic hydroxyl groups excluding tert-OH is 1. The number of quaternary nitrogens is 1. The molecule has 17 heavy (non-hydrogen) atoms. The van der Waals surface area contributed by atoms with Crippen molar-refractivity contribution in [2.45, 2.75) is 12.8 Å². The Labute approximate surface area is 104 Å². The van der Waals surface area contributed by atoms with E-state index in [9.17, 15) is 0 Å². The molecule has 3 nitrogen and oxygen atoms in total. The molecule has 0 spiro atoms. The lowest BCUT2D eigenvalue weighted by molar-refractivity contribution is -0.890. The molecule has 0 aliphatic carbocycles. The molecule has 96 valence electrons. The van der Waals surface area contributed by atoms with Gasteiger partial charge in [0, 0.05) is 0 Å². The van der Waals surface area contributed by atoms with Gasteiger partial charge in [-0.1, -0.05) is 18.2 Å². The van der Waals surface area contributed by atoms with E-state index in [2.05, 4.69) is 14.1 Å². The summed E-state index contributed by atoms with van der Waals surface area (Å²) in [5, 5.41) is 8.91. The molecule has 0 unspecified atom stereocenters. The van der Waals surface area contributed by atoms with Gasteiger partial charge in [-0.05, 0) is 25.0 Å². The van der Waals surface area contributed by atoms with Crippen LogP contribution >= 0.6 is 0 Å². The van der Waals surface area contributed by atoms with Crippen LogP contribution in [0.2, 0.25) is 0 Å². The Morgan fingerprint density at radius 3 is 2.41 bits per heavy atom. The highest BCUT2D eigenvalue weighted by Crippen LogP contribution is 2.09. The summed E-state index contributed by atoms with van der Waals surface area (Å²) in [6.07, 6.45) is 2.18. The minimum Gasteiger partial charge on any atom is -0.494 e. The van der Waals surface area contributed by atoms with Crippen LogP contribution in [0.4, 0.5) is 0 Å². The Balaban J connectivity index is 2.09. The standard InChI is InChI=1S/C14H24NO2/c1-15(2,11-12-16)10-6-7-13-17-14-8-4-3-5-9-14/h3-5,8-9,16H,6-7,10-13H2,1-2H3/q+1. The minimum atomic E-state index is 0.257. The van der Waals surface area contributed by atoms with Gasteiger partial charge in [-0.3, -0.25) is 0 Å². The highest BCUT2D eigenvalue weighted by atomic mass is 16.5. The van der Waals surface area contributed by atoms with Crippen molar-refractivity contribution in [1.82, 2.24) is 0 Å². The van der Waals surface area contributed by atoms with E-state index in [1.807, 2.05) is 30.3 Å². The summed E-state index contributed by atoms with van der Waals surface area (Å²) >= 11 is 0. The number of ether oxygens (including phenoxy) is 1. The zero-order chi connectivity index (χ0) is 12.6. The van der Waals surface area contributed by atoms with Crippen molar-refractivity contribution < 1.29 is 14.3 Å². The quantitative estimate of drug-likeness (QED) is 0.554. The van der Waals surface area contributed by atoms with Crippen LogP contribution in [0.5, 0.6) is 5.75 Å². The Bertz CT molecular complexity index is 298. The molecule has 0 saturated heterocycles. The lowest BCUT2D eigenvalue weighted by Crippen LogP contribution is -2.42. The topological polar surface area (TPSA) is 29.5 Å². The van der Waals surface area contributed by atoms with Gasteiger partial charge in [-0.2, -0.15) is 0 Å². The number of hydrogen-bond acceptors (Lipinski definition) is 2. The smallest absolute Gasteiger partial charge is 0.119 e. The molecule has 0 atom stereocenters. The van der Waals surface area contributed by atoms with E-state index in [0.717, 1.165) is 42.8 Å². The van der Waals surface area contributed by atoms with E-state index in [0.29, 0.717) is 0 Å². The Morgan fingerprint density at radius 2 is 1.76 bits per heavy atom. The number of para-hydroxylation sites is 1. The van der Waals surface area contributed by atoms with E-state index < -0.39 is 0 Å². The first-order valence-corrected chi connectivity index (χ1v) is 6.25. The summed E-state index contributed by atoms with van der Waals surface area (Å²) in [6.45, 7) is 2.93. The van der Waals surface area contributed by atoms with E-state index in [1.165, 1.54) is 0 Å². The monoisotopic (exact) mass is 238 g/mol. The van der Waals surface area contributed by atoms with Crippen molar-refractivity contribution in [2.75, 3.05) is 40.4 Å². The third kappa shape index (κ3) is 6.29. The molecule has 0 aliphatic rings. The molecule has 0 bridgehead atoms. The van der Waals surface area contributed by atoms with Crippen LogP contribution in [0.15, 0.2) is 30.3 Å². The average Bonchev–Trinajstić information content (AvgIpc) is 2.30. The van der Waals surface area contributed by atoms with Crippen LogP contribution in [0, 0.1) is 0 Å². The first-order chi connectivity index (χ1) is 8.14. The van der Waals surface area contributed by atoms with E-state index in [1.54, 1.807) is 0 Å². The molecule has 3 heteroatoms. The largest absolute Gasteiger partial charge is 0.494 e. The maximum Gasteiger partial charge on any atom is 0.119 e. The van der Waals surface area contributed by atoms with Gasteiger partial charge in [-0.15, -0.1) is 0 Å². The van der Waals surface area contributed by atoms with Gasteiger partial charge >= 0.3 is 0 Å². The summed E-state index contributed by atoms with van der Waals surface area (Å²) in [7, 11) is 4.29. The SMILES string of the molecule is C[N+](C)(CCO)CCCCOc1ccccc1. The van der Waals surface area contributed by atoms with Crippen molar-refractivity contribution in [3.63, 3.8) is 0 Å². The van der Waals surface area contributed by atoms with Crippen LogP contribution in [-0.4, -0.2) is 50.0 Å². The number of rotatable bonds is 8. The Morgan fingerprint density at radius 1 is 1.06 bits per heavy atom. The number of nitrogens with zero attached hydrogens (tertiary/aromatic N) is 1. The predicted molar refractivity (Wildman–Crippen MR) is 70.1 cm³/mol. The highest BCUT2D eigenvalue weighted by molar-refractivity contribution is 5.20. The van der Waals surface area contributed by atoms with Gasteiger partial charge in [0.05, 0.1) is 33.9 Å². The summed E-state index contributed by atoms with van der Waals surface area (Å²) in [5.41, 5.74) is 0. The van der Waals surface area contributed by atoms with E-state index in [4.69, 9.17) is 9.84 Å². The fraction of sp³-hybridized carbons (Fsp3) is 0.571. The summed E-state index contributed by atoms with van der Waals surface area (Å²) < 4.78 is 6.50. The highest BCUT2D eigenvalue weighted by Gasteiger charge is 2.12. The molecule has 0 saturated carbocycles. The molecule has 0 aromatic heterocycles. The molecular formula is C14H24NO2+. The number of benzene rings is 1. The van der Waals surface area contributed by atoms with Crippen molar-refractivity contribution in [1.29, 1.82) is 0 Å². The molecule has 0 aliphatic heterocycles. The van der Waals surface area contributed by atoms with Crippen LogP contribution in [0.1, 0.15) is 12.8 Å². The normalized spacial score (nSPS) is 11.5. The molecule has 1 aromatic carbocycles. The average molecular weight is 238 g/mol. The molecule has 0 fully saturated rings. The number of aliphatic hydroxyl groups is 1. The lowest BCUT2D eigenvalue weighted by Gasteiger charge is -2.28. The second-order valence-electron chi connectivity index (χ2n) is 4.98. The zero-order valence-corrected chi connectivity index (χ0v) is 10.9. The second kappa shape index (κ2) is 7.30. The van der Waals surface area contributed by atoms with Gasteiger partial charge in [-0.25, -0.2) is 0 Å². The summed E-state index contributed by atoms with van der Waals surface area (Å²) in [6, 6.07) is 9.91. The molecular weight excluding hydrogens is 214 g/mol. The van der Waals surface area contributed by atoms with Crippen molar-refractivity contribution in [3.8, 4) is 5.75 Å². The van der Waals surface area contributed by atoms with E-state index in [-0.39, 0.29) is 6.61 Å². The van der Waals surface area contributed by atoms with Crippen LogP contribution in [-0.2, 0) is 0 Å². The third-order valence-corrected chi connectivity index (χ3v) is 2.88. The maximum absolute atomic E-state index is 8.91. The maximum atomic E-state index is 8.91. The molecule has 1 rings (SSSR count). The van der Waals surface area contributed by atoms with Crippen molar-refractivity contribution >= 4 is 0 Å². The second-order valence-corrected chi connectivity index (χ2v) is 4.98. The van der Waals surface area contributed by atoms with Gasteiger partial charge in [0.25, 0.3) is 0 Å².